The highest BCUT2D eigenvalue weighted by Gasteiger charge is 1.97. The molecule has 0 bridgehead atoms. The van der Waals surface area contributed by atoms with Crippen molar-refractivity contribution in [3.05, 3.63) is 54.6 Å². The number of nitrogens with one attached hydrogen (secondary N) is 1. The molecule has 0 unspecified atom stereocenters. The second-order valence-corrected chi connectivity index (χ2v) is 3.95. The predicted molar refractivity (Wildman–Crippen MR) is 69.2 cm³/mol. The molecule has 0 saturated heterocycles. The maximum absolute atomic E-state index is 3.22. The van der Waals surface area contributed by atoms with Crippen molar-refractivity contribution in [2.24, 2.45) is 0 Å². The highest BCUT2D eigenvalue weighted by Crippen LogP contribution is 2.20. The van der Waals surface area contributed by atoms with E-state index in [0.29, 0.717) is 0 Å². The van der Waals surface area contributed by atoms with Crippen LogP contribution in [0.25, 0.3) is 11.1 Å². The van der Waals surface area contributed by atoms with Crippen LogP contribution in [0.15, 0.2) is 54.6 Å². The van der Waals surface area contributed by atoms with E-state index in [1.807, 2.05) is 25.2 Å². The highest BCUT2D eigenvalue weighted by molar-refractivity contribution is 5.65. The maximum atomic E-state index is 3.22. The third kappa shape index (κ3) is 2.61. The summed E-state index contributed by atoms with van der Waals surface area (Å²) in [5.41, 5.74) is 6.81. The van der Waals surface area contributed by atoms with Crippen molar-refractivity contribution in [2.45, 2.75) is 0 Å². The fraction of sp³-hybridized carbons (Fsp3) is 0.143. The molecule has 2 heteroatoms. The third-order valence-electron chi connectivity index (χ3n) is 2.34. The summed E-state index contributed by atoms with van der Waals surface area (Å²) in [6.45, 7) is 0. The van der Waals surface area contributed by atoms with Crippen molar-refractivity contribution < 1.29 is 0 Å². The molecule has 0 atom stereocenters. The molecule has 0 aliphatic rings. The van der Waals surface area contributed by atoms with E-state index < -0.39 is 0 Å². The number of hydrogen-bond donors (Lipinski definition) is 1. The van der Waals surface area contributed by atoms with Crippen molar-refractivity contribution in [1.82, 2.24) is 5.01 Å². The SMILES string of the molecule is CN(C)Nc1ccc(-c2ccccc2)cc1. The molecule has 0 aliphatic carbocycles. The summed E-state index contributed by atoms with van der Waals surface area (Å²) in [4.78, 5) is 0. The summed E-state index contributed by atoms with van der Waals surface area (Å²) in [6.07, 6.45) is 0. The van der Waals surface area contributed by atoms with E-state index in [9.17, 15) is 0 Å². The Morgan fingerprint density at radius 2 is 1.31 bits per heavy atom. The Balaban J connectivity index is 2.20. The minimum Gasteiger partial charge on any atom is -0.319 e. The van der Waals surface area contributed by atoms with Crippen LogP contribution in [0.5, 0.6) is 0 Å². The summed E-state index contributed by atoms with van der Waals surface area (Å²) >= 11 is 0. The number of rotatable bonds is 3. The summed E-state index contributed by atoms with van der Waals surface area (Å²) in [7, 11) is 3.95. The number of hydrogen-bond acceptors (Lipinski definition) is 2. The van der Waals surface area contributed by atoms with Gasteiger partial charge in [-0.25, -0.2) is 5.01 Å². The van der Waals surface area contributed by atoms with Crippen LogP contribution in [-0.4, -0.2) is 19.1 Å². The smallest absolute Gasteiger partial charge is 0.0490 e. The molecular weight excluding hydrogens is 196 g/mol. The van der Waals surface area contributed by atoms with Gasteiger partial charge in [0.1, 0.15) is 0 Å². The summed E-state index contributed by atoms with van der Waals surface area (Å²) < 4.78 is 0. The Labute approximate surface area is 96.5 Å². The fourth-order valence-electron chi connectivity index (χ4n) is 1.63. The first-order chi connectivity index (χ1) is 7.75. The Hall–Kier alpha value is -1.80. The second-order valence-electron chi connectivity index (χ2n) is 3.95. The standard InChI is InChI=1S/C14H16N2/c1-16(2)15-14-10-8-13(9-11-14)12-6-4-3-5-7-12/h3-11,15H,1-2H3. The van der Waals surface area contributed by atoms with Crippen LogP contribution in [0.4, 0.5) is 5.69 Å². The van der Waals surface area contributed by atoms with Crippen LogP contribution in [0.3, 0.4) is 0 Å². The average molecular weight is 212 g/mol. The van der Waals surface area contributed by atoms with Gasteiger partial charge in [0.25, 0.3) is 0 Å². The summed E-state index contributed by atoms with van der Waals surface area (Å²) in [6, 6.07) is 18.8. The molecule has 16 heavy (non-hydrogen) atoms. The molecule has 0 saturated carbocycles. The maximum Gasteiger partial charge on any atom is 0.0490 e. The number of benzene rings is 2. The monoisotopic (exact) mass is 212 g/mol. The van der Waals surface area contributed by atoms with Gasteiger partial charge < -0.3 is 5.43 Å². The largest absolute Gasteiger partial charge is 0.319 e. The molecule has 2 nitrogen and oxygen atoms in total. The zero-order valence-corrected chi connectivity index (χ0v) is 9.64. The van der Waals surface area contributed by atoms with Crippen LogP contribution in [0.1, 0.15) is 0 Å². The van der Waals surface area contributed by atoms with Gasteiger partial charge in [-0.05, 0) is 23.3 Å². The first-order valence-electron chi connectivity index (χ1n) is 5.35. The zero-order valence-electron chi connectivity index (χ0n) is 9.64. The Bertz CT molecular complexity index is 432. The number of hydrazine groups is 1. The molecule has 0 spiro atoms. The first kappa shape index (κ1) is 10.7. The van der Waals surface area contributed by atoms with E-state index in [0.717, 1.165) is 5.69 Å². The molecule has 0 aliphatic heterocycles. The molecule has 0 fully saturated rings. The van der Waals surface area contributed by atoms with E-state index in [4.69, 9.17) is 0 Å². The summed E-state index contributed by atoms with van der Waals surface area (Å²) in [5, 5.41) is 1.93. The van der Waals surface area contributed by atoms with Gasteiger partial charge in [0.15, 0.2) is 0 Å². The molecule has 82 valence electrons. The van der Waals surface area contributed by atoms with Gasteiger partial charge in [-0.15, -0.1) is 0 Å². The first-order valence-corrected chi connectivity index (χ1v) is 5.35. The van der Waals surface area contributed by atoms with Crippen molar-refractivity contribution in [3.8, 4) is 11.1 Å². The molecule has 0 aromatic heterocycles. The topological polar surface area (TPSA) is 15.3 Å². The number of nitrogens with zero attached hydrogens (tertiary/aromatic N) is 1. The van der Waals surface area contributed by atoms with Crippen molar-refractivity contribution in [3.63, 3.8) is 0 Å². The van der Waals surface area contributed by atoms with E-state index in [2.05, 4.69) is 54.0 Å². The van der Waals surface area contributed by atoms with Gasteiger partial charge in [-0.1, -0.05) is 42.5 Å². The lowest BCUT2D eigenvalue weighted by Crippen LogP contribution is -2.19. The molecule has 0 heterocycles. The van der Waals surface area contributed by atoms with Crippen LogP contribution >= 0.6 is 0 Å². The molecule has 2 rings (SSSR count). The third-order valence-corrected chi connectivity index (χ3v) is 2.34. The Morgan fingerprint density at radius 1 is 0.750 bits per heavy atom. The van der Waals surface area contributed by atoms with E-state index in [1.165, 1.54) is 11.1 Å². The van der Waals surface area contributed by atoms with Crippen molar-refractivity contribution in [2.75, 3.05) is 19.5 Å². The zero-order chi connectivity index (χ0) is 11.4. The fourth-order valence-corrected chi connectivity index (χ4v) is 1.63. The Kier molecular flexibility index (Phi) is 3.22. The van der Waals surface area contributed by atoms with Crippen LogP contribution in [0.2, 0.25) is 0 Å². The van der Waals surface area contributed by atoms with Gasteiger partial charge in [0.05, 0.1) is 0 Å². The lowest BCUT2D eigenvalue weighted by atomic mass is 10.1. The Morgan fingerprint density at radius 3 is 1.88 bits per heavy atom. The van der Waals surface area contributed by atoms with Gasteiger partial charge >= 0.3 is 0 Å². The van der Waals surface area contributed by atoms with Gasteiger partial charge in [0, 0.05) is 19.8 Å². The van der Waals surface area contributed by atoms with Crippen LogP contribution < -0.4 is 5.43 Å². The van der Waals surface area contributed by atoms with Crippen LogP contribution in [-0.2, 0) is 0 Å². The van der Waals surface area contributed by atoms with Gasteiger partial charge in [-0.2, -0.15) is 0 Å². The molecule has 2 aromatic carbocycles. The molecule has 0 amide bonds. The van der Waals surface area contributed by atoms with Crippen molar-refractivity contribution >= 4 is 5.69 Å². The minimum absolute atomic E-state index is 1.10. The quantitative estimate of drug-likeness (QED) is 0.786. The molecule has 2 aromatic rings. The van der Waals surface area contributed by atoms with Gasteiger partial charge in [-0.3, -0.25) is 0 Å². The van der Waals surface area contributed by atoms with Crippen molar-refractivity contribution in [1.29, 1.82) is 0 Å². The highest BCUT2D eigenvalue weighted by atomic mass is 15.5. The molecule has 1 N–H and O–H groups in total. The number of anilines is 1. The molecular formula is C14H16N2. The predicted octanol–water partition coefficient (Wildman–Crippen LogP) is 3.24. The molecule has 0 radical (unpaired) electrons. The lowest BCUT2D eigenvalue weighted by Gasteiger charge is -2.13. The second kappa shape index (κ2) is 4.81. The minimum atomic E-state index is 1.10. The normalized spacial score (nSPS) is 10.4. The lowest BCUT2D eigenvalue weighted by molar-refractivity contribution is 0.495. The van der Waals surface area contributed by atoms with E-state index >= 15 is 0 Å². The van der Waals surface area contributed by atoms with Gasteiger partial charge in [0.2, 0.25) is 0 Å². The van der Waals surface area contributed by atoms with Crippen LogP contribution in [0, 0.1) is 0 Å². The summed E-state index contributed by atoms with van der Waals surface area (Å²) in [5.74, 6) is 0. The average Bonchev–Trinajstić information content (AvgIpc) is 2.30. The van der Waals surface area contributed by atoms with E-state index in [1.54, 1.807) is 0 Å². The van der Waals surface area contributed by atoms with E-state index in [-0.39, 0.29) is 0 Å².